The number of methoxy groups -OCH3 is 3. The predicted molar refractivity (Wildman–Crippen MR) is 108 cm³/mol. The Labute approximate surface area is 170 Å². The molecule has 0 aliphatic carbocycles. The number of carbonyl (C=O) groups excluding carboxylic acids is 2. The second-order valence-corrected chi connectivity index (χ2v) is 6.32. The molecule has 8 nitrogen and oxygen atoms in total. The second-order valence-electron chi connectivity index (χ2n) is 6.32. The lowest BCUT2D eigenvalue weighted by Crippen LogP contribution is -2.47. The Morgan fingerprint density at radius 2 is 1.52 bits per heavy atom. The van der Waals surface area contributed by atoms with Gasteiger partial charge in [0.2, 0.25) is 5.75 Å². The van der Waals surface area contributed by atoms with Gasteiger partial charge in [-0.05, 0) is 50.1 Å². The maximum Gasteiger partial charge on any atom is 0.279 e. The lowest BCUT2D eigenvalue weighted by molar-refractivity contribution is -0.128. The Balaban J connectivity index is 2.04. The summed E-state index contributed by atoms with van der Waals surface area (Å²) in [5, 5.41) is 0. The molecule has 2 rings (SSSR count). The van der Waals surface area contributed by atoms with Gasteiger partial charge in [0.05, 0.1) is 21.3 Å². The largest absolute Gasteiger partial charge is 0.493 e. The van der Waals surface area contributed by atoms with Crippen molar-refractivity contribution in [2.24, 2.45) is 0 Å². The van der Waals surface area contributed by atoms with Gasteiger partial charge >= 0.3 is 0 Å². The smallest absolute Gasteiger partial charge is 0.279 e. The van der Waals surface area contributed by atoms with Gasteiger partial charge in [0.25, 0.3) is 11.8 Å². The van der Waals surface area contributed by atoms with Crippen LogP contribution in [-0.4, -0.2) is 39.2 Å². The molecule has 2 N–H and O–H groups in total. The summed E-state index contributed by atoms with van der Waals surface area (Å²) in [7, 11) is 4.37. The van der Waals surface area contributed by atoms with Crippen molar-refractivity contribution in [3.05, 3.63) is 47.0 Å². The molecule has 2 amide bonds. The first-order valence-electron chi connectivity index (χ1n) is 8.95. The number of benzene rings is 2. The molecule has 8 heteroatoms. The summed E-state index contributed by atoms with van der Waals surface area (Å²) in [4.78, 5) is 24.8. The lowest BCUT2D eigenvalue weighted by atomic mass is 10.1. The van der Waals surface area contributed by atoms with E-state index < -0.39 is 17.9 Å². The third-order valence-corrected chi connectivity index (χ3v) is 4.45. The zero-order chi connectivity index (χ0) is 21.6. The van der Waals surface area contributed by atoms with Gasteiger partial charge in [-0.1, -0.05) is 12.1 Å². The second kappa shape index (κ2) is 9.68. The standard InChI is InChI=1S/C21H26N2O6/c1-12-8-7-9-16(13(12)2)29-14(3)20(24)22-23-21(25)15-10-17(26-4)19(28-6)18(11-15)27-5/h7-11,14H,1-6H3,(H,22,24)(H,23,25). The van der Waals surface area contributed by atoms with E-state index in [2.05, 4.69) is 10.9 Å². The first kappa shape index (κ1) is 21.9. The zero-order valence-electron chi connectivity index (χ0n) is 17.4. The Morgan fingerprint density at radius 3 is 2.07 bits per heavy atom. The van der Waals surface area contributed by atoms with Crippen LogP contribution < -0.4 is 29.8 Å². The SMILES string of the molecule is COc1cc(C(=O)NNC(=O)C(C)Oc2cccc(C)c2C)cc(OC)c1OC. The molecule has 0 aliphatic heterocycles. The monoisotopic (exact) mass is 402 g/mol. The highest BCUT2D eigenvalue weighted by Crippen LogP contribution is 2.38. The molecule has 0 fully saturated rings. The summed E-state index contributed by atoms with van der Waals surface area (Å²) in [5.41, 5.74) is 6.96. The molecule has 0 bridgehead atoms. The van der Waals surface area contributed by atoms with Crippen molar-refractivity contribution >= 4 is 11.8 Å². The molecular formula is C21H26N2O6. The van der Waals surface area contributed by atoms with E-state index in [4.69, 9.17) is 18.9 Å². The van der Waals surface area contributed by atoms with Crippen molar-refractivity contribution in [3.63, 3.8) is 0 Å². The summed E-state index contributed by atoms with van der Waals surface area (Å²) >= 11 is 0. The lowest BCUT2D eigenvalue weighted by Gasteiger charge is -2.18. The molecule has 1 unspecified atom stereocenters. The van der Waals surface area contributed by atoms with Crippen LogP contribution in [0.15, 0.2) is 30.3 Å². The molecule has 0 radical (unpaired) electrons. The number of amides is 2. The average Bonchev–Trinajstić information content (AvgIpc) is 2.73. The molecule has 29 heavy (non-hydrogen) atoms. The van der Waals surface area contributed by atoms with Gasteiger partial charge in [-0.2, -0.15) is 0 Å². The summed E-state index contributed by atoms with van der Waals surface area (Å²) < 4.78 is 21.4. The minimum atomic E-state index is -0.810. The van der Waals surface area contributed by atoms with E-state index in [-0.39, 0.29) is 5.56 Å². The van der Waals surface area contributed by atoms with Crippen LogP contribution in [0.4, 0.5) is 0 Å². The highest BCUT2D eigenvalue weighted by molar-refractivity contribution is 5.97. The first-order chi connectivity index (χ1) is 13.8. The minimum Gasteiger partial charge on any atom is -0.493 e. The van der Waals surface area contributed by atoms with Crippen LogP contribution in [0.5, 0.6) is 23.0 Å². The molecule has 0 heterocycles. The topological polar surface area (TPSA) is 95.1 Å². The van der Waals surface area contributed by atoms with Crippen molar-refractivity contribution in [1.82, 2.24) is 10.9 Å². The normalized spacial score (nSPS) is 11.2. The van der Waals surface area contributed by atoms with Crippen LogP contribution in [0.2, 0.25) is 0 Å². The van der Waals surface area contributed by atoms with Gasteiger partial charge in [-0.3, -0.25) is 20.4 Å². The number of hydrogen-bond donors (Lipinski definition) is 2. The van der Waals surface area contributed by atoms with Crippen molar-refractivity contribution < 1.29 is 28.5 Å². The Hall–Kier alpha value is -3.42. The fourth-order valence-corrected chi connectivity index (χ4v) is 2.60. The first-order valence-corrected chi connectivity index (χ1v) is 8.95. The fourth-order valence-electron chi connectivity index (χ4n) is 2.60. The van der Waals surface area contributed by atoms with Crippen molar-refractivity contribution in [1.29, 1.82) is 0 Å². The molecule has 0 saturated heterocycles. The predicted octanol–water partition coefficient (Wildman–Crippen LogP) is 2.56. The number of rotatable bonds is 7. The number of carbonyl (C=O) groups is 2. The number of hydrogen-bond acceptors (Lipinski definition) is 6. The average molecular weight is 402 g/mol. The van der Waals surface area contributed by atoms with Gasteiger partial charge in [-0.25, -0.2) is 0 Å². The van der Waals surface area contributed by atoms with Gasteiger partial charge in [0.15, 0.2) is 17.6 Å². The third-order valence-electron chi connectivity index (χ3n) is 4.45. The van der Waals surface area contributed by atoms with E-state index in [1.807, 2.05) is 26.0 Å². The van der Waals surface area contributed by atoms with Crippen LogP contribution in [0.1, 0.15) is 28.4 Å². The van der Waals surface area contributed by atoms with Gasteiger partial charge < -0.3 is 18.9 Å². The quantitative estimate of drug-likeness (QED) is 0.691. The summed E-state index contributed by atoms with van der Waals surface area (Å²) in [6.45, 7) is 5.48. The summed E-state index contributed by atoms with van der Waals surface area (Å²) in [5.74, 6) is 0.600. The molecule has 0 spiro atoms. The Bertz CT molecular complexity index is 872. The maximum absolute atomic E-state index is 12.4. The highest BCUT2D eigenvalue weighted by Gasteiger charge is 2.20. The number of nitrogens with one attached hydrogen (secondary N) is 2. The van der Waals surface area contributed by atoms with E-state index in [1.54, 1.807) is 13.0 Å². The van der Waals surface area contributed by atoms with Crippen molar-refractivity contribution in [2.45, 2.75) is 26.9 Å². The molecule has 2 aromatic carbocycles. The molecule has 2 aromatic rings. The fraction of sp³-hybridized carbons (Fsp3) is 0.333. The number of ether oxygens (including phenoxy) is 4. The van der Waals surface area contributed by atoms with E-state index in [0.717, 1.165) is 11.1 Å². The number of aryl methyl sites for hydroxylation is 1. The van der Waals surface area contributed by atoms with Crippen molar-refractivity contribution in [2.75, 3.05) is 21.3 Å². The van der Waals surface area contributed by atoms with Crippen LogP contribution in [0, 0.1) is 13.8 Å². The Morgan fingerprint density at radius 1 is 0.897 bits per heavy atom. The molecule has 0 aliphatic rings. The maximum atomic E-state index is 12.4. The summed E-state index contributed by atoms with van der Waals surface area (Å²) in [6.07, 6.45) is -0.810. The molecule has 0 aromatic heterocycles. The van der Waals surface area contributed by atoms with Crippen molar-refractivity contribution in [3.8, 4) is 23.0 Å². The van der Waals surface area contributed by atoms with E-state index >= 15 is 0 Å². The molecular weight excluding hydrogens is 376 g/mol. The third kappa shape index (κ3) is 5.10. The zero-order valence-corrected chi connectivity index (χ0v) is 17.4. The molecule has 0 saturated carbocycles. The number of hydrazine groups is 1. The molecule has 156 valence electrons. The van der Waals surface area contributed by atoms with E-state index in [1.165, 1.54) is 33.5 Å². The van der Waals surface area contributed by atoms with E-state index in [9.17, 15) is 9.59 Å². The Kier molecular flexibility index (Phi) is 7.30. The van der Waals surface area contributed by atoms with Gasteiger partial charge in [0.1, 0.15) is 5.75 Å². The van der Waals surface area contributed by atoms with Crippen LogP contribution in [0.25, 0.3) is 0 Å². The van der Waals surface area contributed by atoms with Crippen LogP contribution in [0.3, 0.4) is 0 Å². The van der Waals surface area contributed by atoms with Crippen LogP contribution in [-0.2, 0) is 4.79 Å². The van der Waals surface area contributed by atoms with Gasteiger partial charge in [0, 0.05) is 5.56 Å². The highest BCUT2D eigenvalue weighted by atomic mass is 16.5. The van der Waals surface area contributed by atoms with E-state index in [0.29, 0.717) is 23.0 Å². The van der Waals surface area contributed by atoms with Gasteiger partial charge in [-0.15, -0.1) is 0 Å². The minimum absolute atomic E-state index is 0.225. The van der Waals surface area contributed by atoms with Crippen LogP contribution >= 0.6 is 0 Å². The summed E-state index contributed by atoms with van der Waals surface area (Å²) in [6, 6.07) is 8.58. The molecule has 1 atom stereocenters.